The SMILES string of the molecule is Cn1ncc2c(N3CCOCC3)nc(NCCCO)nc21. The molecule has 8 heteroatoms. The number of anilines is 2. The molecule has 21 heavy (non-hydrogen) atoms. The molecule has 0 aromatic carbocycles. The van der Waals surface area contributed by atoms with E-state index in [4.69, 9.17) is 9.84 Å². The van der Waals surface area contributed by atoms with Crippen LogP contribution in [-0.4, -0.2) is 64.3 Å². The minimum atomic E-state index is 0.150. The summed E-state index contributed by atoms with van der Waals surface area (Å²) >= 11 is 0. The number of aliphatic hydroxyl groups excluding tert-OH is 1. The standard InChI is InChI=1S/C13H20N6O2/c1-18-11-10(9-15-18)12(19-4-7-21-8-5-19)17-13(16-11)14-3-2-6-20/h9,20H,2-8H2,1H3,(H,14,16,17). The van der Waals surface area contributed by atoms with Gasteiger partial charge in [-0.3, -0.25) is 4.68 Å². The third kappa shape index (κ3) is 2.91. The normalized spacial score (nSPS) is 15.6. The maximum absolute atomic E-state index is 8.87. The van der Waals surface area contributed by atoms with Crippen molar-refractivity contribution in [2.45, 2.75) is 6.42 Å². The molecule has 3 rings (SSSR count). The van der Waals surface area contributed by atoms with Gasteiger partial charge in [-0.1, -0.05) is 0 Å². The first kappa shape index (κ1) is 14.0. The van der Waals surface area contributed by atoms with Crippen LogP contribution in [0.5, 0.6) is 0 Å². The second-order valence-corrected chi connectivity index (χ2v) is 4.98. The molecule has 0 bridgehead atoms. The molecule has 8 nitrogen and oxygen atoms in total. The highest BCUT2D eigenvalue weighted by molar-refractivity contribution is 5.88. The van der Waals surface area contributed by atoms with Crippen LogP contribution in [0, 0.1) is 0 Å². The molecule has 0 spiro atoms. The van der Waals surface area contributed by atoms with E-state index >= 15 is 0 Å². The fourth-order valence-electron chi connectivity index (χ4n) is 2.38. The van der Waals surface area contributed by atoms with E-state index in [1.807, 2.05) is 7.05 Å². The van der Waals surface area contributed by atoms with Gasteiger partial charge in [0.25, 0.3) is 0 Å². The zero-order chi connectivity index (χ0) is 14.7. The van der Waals surface area contributed by atoms with Crippen molar-refractivity contribution in [3.63, 3.8) is 0 Å². The van der Waals surface area contributed by atoms with E-state index in [1.165, 1.54) is 0 Å². The van der Waals surface area contributed by atoms with Crippen LogP contribution in [-0.2, 0) is 11.8 Å². The van der Waals surface area contributed by atoms with Crippen molar-refractivity contribution >= 4 is 22.8 Å². The summed E-state index contributed by atoms with van der Waals surface area (Å²) in [5.41, 5.74) is 0.804. The van der Waals surface area contributed by atoms with E-state index in [1.54, 1.807) is 10.9 Å². The summed E-state index contributed by atoms with van der Waals surface area (Å²) in [5.74, 6) is 1.46. The molecule has 0 unspecified atom stereocenters. The van der Waals surface area contributed by atoms with Gasteiger partial charge < -0.3 is 20.1 Å². The van der Waals surface area contributed by atoms with Crippen molar-refractivity contribution < 1.29 is 9.84 Å². The highest BCUT2D eigenvalue weighted by atomic mass is 16.5. The lowest BCUT2D eigenvalue weighted by atomic mass is 10.3. The zero-order valence-corrected chi connectivity index (χ0v) is 12.1. The Morgan fingerprint density at radius 2 is 2.14 bits per heavy atom. The molecule has 2 aromatic heterocycles. The lowest BCUT2D eigenvalue weighted by Crippen LogP contribution is -2.37. The maximum Gasteiger partial charge on any atom is 0.226 e. The molecule has 1 aliphatic heterocycles. The lowest BCUT2D eigenvalue weighted by molar-refractivity contribution is 0.122. The fourth-order valence-corrected chi connectivity index (χ4v) is 2.38. The Balaban J connectivity index is 1.95. The third-order valence-corrected chi connectivity index (χ3v) is 3.50. The molecule has 0 atom stereocenters. The number of rotatable bonds is 5. The third-order valence-electron chi connectivity index (χ3n) is 3.50. The molecular formula is C13H20N6O2. The highest BCUT2D eigenvalue weighted by Gasteiger charge is 2.19. The van der Waals surface area contributed by atoms with Gasteiger partial charge in [0.1, 0.15) is 5.82 Å². The number of hydrogen-bond acceptors (Lipinski definition) is 7. The molecule has 1 aliphatic rings. The van der Waals surface area contributed by atoms with E-state index in [9.17, 15) is 0 Å². The van der Waals surface area contributed by atoms with Crippen molar-refractivity contribution in [2.75, 3.05) is 49.7 Å². The second kappa shape index (κ2) is 6.23. The van der Waals surface area contributed by atoms with Gasteiger partial charge in [-0.05, 0) is 6.42 Å². The topological polar surface area (TPSA) is 88.3 Å². The van der Waals surface area contributed by atoms with Crippen molar-refractivity contribution in [2.24, 2.45) is 7.05 Å². The van der Waals surface area contributed by atoms with Crippen LogP contribution in [0.3, 0.4) is 0 Å². The molecule has 1 fully saturated rings. The van der Waals surface area contributed by atoms with Gasteiger partial charge in [0.05, 0.1) is 24.8 Å². The average Bonchev–Trinajstić information content (AvgIpc) is 2.89. The van der Waals surface area contributed by atoms with E-state index in [0.717, 1.165) is 29.9 Å². The van der Waals surface area contributed by atoms with Gasteiger partial charge in [0.2, 0.25) is 5.95 Å². The Morgan fingerprint density at radius 1 is 1.33 bits per heavy atom. The highest BCUT2D eigenvalue weighted by Crippen LogP contribution is 2.25. The van der Waals surface area contributed by atoms with Crippen molar-refractivity contribution in [1.29, 1.82) is 0 Å². The van der Waals surface area contributed by atoms with Gasteiger partial charge in [-0.2, -0.15) is 15.1 Å². The summed E-state index contributed by atoms with van der Waals surface area (Å²) in [6.07, 6.45) is 2.47. The first-order valence-electron chi connectivity index (χ1n) is 7.17. The number of aryl methyl sites for hydroxylation is 1. The molecular weight excluding hydrogens is 272 g/mol. The first-order chi connectivity index (χ1) is 10.3. The number of aromatic nitrogens is 4. The predicted octanol–water partition coefficient (Wildman–Crippen LogP) is -0.00580. The van der Waals surface area contributed by atoms with Gasteiger partial charge in [0, 0.05) is 33.3 Å². The van der Waals surface area contributed by atoms with E-state index in [-0.39, 0.29) is 6.61 Å². The molecule has 0 saturated carbocycles. The number of hydrogen-bond donors (Lipinski definition) is 2. The van der Waals surface area contributed by atoms with Crippen LogP contribution in [0.15, 0.2) is 6.20 Å². The molecule has 3 heterocycles. The van der Waals surface area contributed by atoms with Gasteiger partial charge in [-0.15, -0.1) is 0 Å². The summed E-state index contributed by atoms with van der Waals surface area (Å²) in [4.78, 5) is 11.3. The number of nitrogens with one attached hydrogen (secondary N) is 1. The minimum absolute atomic E-state index is 0.150. The van der Waals surface area contributed by atoms with Crippen LogP contribution in [0.1, 0.15) is 6.42 Å². The fraction of sp³-hybridized carbons (Fsp3) is 0.615. The summed E-state index contributed by atoms with van der Waals surface area (Å²) in [5, 5.41) is 17.2. The second-order valence-electron chi connectivity index (χ2n) is 4.98. The Morgan fingerprint density at radius 3 is 2.90 bits per heavy atom. The maximum atomic E-state index is 8.87. The molecule has 0 radical (unpaired) electrons. The van der Waals surface area contributed by atoms with Gasteiger partial charge in [-0.25, -0.2) is 0 Å². The predicted molar refractivity (Wildman–Crippen MR) is 79.5 cm³/mol. The molecule has 0 aliphatic carbocycles. The molecule has 0 amide bonds. The molecule has 2 aromatic rings. The largest absolute Gasteiger partial charge is 0.396 e. The van der Waals surface area contributed by atoms with Gasteiger partial charge >= 0.3 is 0 Å². The average molecular weight is 292 g/mol. The number of ether oxygens (including phenoxy) is 1. The van der Waals surface area contributed by atoms with Crippen LogP contribution in [0.25, 0.3) is 11.0 Å². The summed E-state index contributed by atoms with van der Waals surface area (Å²) in [6.45, 7) is 3.84. The van der Waals surface area contributed by atoms with Gasteiger partial charge in [0.15, 0.2) is 5.65 Å². The summed E-state index contributed by atoms with van der Waals surface area (Å²) < 4.78 is 7.15. The van der Waals surface area contributed by atoms with Crippen molar-refractivity contribution in [3.8, 4) is 0 Å². The first-order valence-corrected chi connectivity index (χ1v) is 7.17. The summed E-state index contributed by atoms with van der Waals surface area (Å²) in [7, 11) is 1.87. The quantitative estimate of drug-likeness (QED) is 0.750. The van der Waals surface area contributed by atoms with Crippen LogP contribution < -0.4 is 10.2 Å². The van der Waals surface area contributed by atoms with Crippen molar-refractivity contribution in [3.05, 3.63) is 6.20 Å². The van der Waals surface area contributed by atoms with Crippen LogP contribution >= 0.6 is 0 Å². The van der Waals surface area contributed by atoms with E-state index in [0.29, 0.717) is 32.1 Å². The monoisotopic (exact) mass is 292 g/mol. The Bertz CT molecular complexity index is 608. The Hall–Kier alpha value is -1.93. The molecule has 1 saturated heterocycles. The number of nitrogens with zero attached hydrogens (tertiary/aromatic N) is 5. The summed E-state index contributed by atoms with van der Waals surface area (Å²) in [6, 6.07) is 0. The molecule has 114 valence electrons. The smallest absolute Gasteiger partial charge is 0.226 e. The van der Waals surface area contributed by atoms with E-state index < -0.39 is 0 Å². The Kier molecular flexibility index (Phi) is 4.16. The molecule has 2 N–H and O–H groups in total. The van der Waals surface area contributed by atoms with Crippen molar-refractivity contribution in [1.82, 2.24) is 19.7 Å². The van der Waals surface area contributed by atoms with E-state index in [2.05, 4.69) is 25.3 Å². The minimum Gasteiger partial charge on any atom is -0.396 e. The lowest BCUT2D eigenvalue weighted by Gasteiger charge is -2.28. The van der Waals surface area contributed by atoms with Crippen LogP contribution in [0.2, 0.25) is 0 Å². The Labute approximate surface area is 122 Å². The number of morpholine rings is 1. The van der Waals surface area contributed by atoms with Crippen LogP contribution in [0.4, 0.5) is 11.8 Å². The number of fused-ring (bicyclic) bond motifs is 1. The number of aliphatic hydroxyl groups is 1. The zero-order valence-electron chi connectivity index (χ0n) is 12.1.